The minimum absolute atomic E-state index is 0.147. The van der Waals surface area contributed by atoms with E-state index in [1.165, 1.54) is 38.9 Å². The third kappa shape index (κ3) is 5.10. The van der Waals surface area contributed by atoms with E-state index in [-0.39, 0.29) is 5.41 Å². The second-order valence-corrected chi connectivity index (χ2v) is 14.5. The Hall–Kier alpha value is -6.64. The van der Waals surface area contributed by atoms with Gasteiger partial charge in [-0.25, -0.2) is 0 Å². The molecule has 0 aliphatic heterocycles. The van der Waals surface area contributed by atoms with Crippen LogP contribution in [0.25, 0.3) is 66.4 Å². The van der Waals surface area contributed by atoms with Gasteiger partial charge < -0.3 is 9.32 Å². The van der Waals surface area contributed by atoms with Crippen LogP contribution in [0.1, 0.15) is 25.0 Å². The van der Waals surface area contributed by atoms with Gasteiger partial charge in [0.1, 0.15) is 5.58 Å². The third-order valence-corrected chi connectivity index (χ3v) is 11.1. The number of nitrogens with zero attached hydrogens (tertiary/aromatic N) is 1. The van der Waals surface area contributed by atoms with Crippen LogP contribution in [-0.2, 0) is 5.41 Å². The van der Waals surface area contributed by atoms with E-state index in [2.05, 4.69) is 207 Å². The highest BCUT2D eigenvalue weighted by Crippen LogP contribution is 2.53. The maximum absolute atomic E-state index is 7.07. The van der Waals surface area contributed by atoms with Gasteiger partial charge in [-0.15, -0.1) is 0 Å². The average Bonchev–Trinajstić information content (AvgIpc) is 3.71. The Bertz CT molecular complexity index is 2780. The summed E-state index contributed by atoms with van der Waals surface area (Å²) >= 11 is 0. The van der Waals surface area contributed by atoms with Gasteiger partial charge in [0.25, 0.3) is 0 Å². The zero-order valence-electron chi connectivity index (χ0n) is 29.8. The molecule has 0 spiro atoms. The molecule has 0 unspecified atom stereocenters. The number of hydrogen-bond donors (Lipinski definition) is 0. The molecule has 0 saturated heterocycles. The molecule has 252 valence electrons. The van der Waals surface area contributed by atoms with Crippen molar-refractivity contribution in [3.63, 3.8) is 0 Å². The fraction of sp³-hybridized carbons (Fsp3) is 0.0588. The Labute approximate surface area is 310 Å². The Morgan fingerprint density at radius 2 is 0.925 bits per heavy atom. The molecule has 10 rings (SSSR count). The van der Waals surface area contributed by atoms with Crippen molar-refractivity contribution in [1.82, 2.24) is 0 Å². The summed E-state index contributed by atoms with van der Waals surface area (Å²) in [4.78, 5) is 2.42. The first-order valence-electron chi connectivity index (χ1n) is 18.3. The molecule has 53 heavy (non-hydrogen) atoms. The molecule has 2 heteroatoms. The lowest BCUT2D eigenvalue weighted by atomic mass is 9.82. The highest BCUT2D eigenvalue weighted by atomic mass is 16.3. The van der Waals surface area contributed by atoms with Gasteiger partial charge in [0.15, 0.2) is 5.58 Å². The second-order valence-electron chi connectivity index (χ2n) is 14.5. The van der Waals surface area contributed by atoms with Crippen LogP contribution in [0.15, 0.2) is 192 Å². The van der Waals surface area contributed by atoms with E-state index in [9.17, 15) is 0 Å². The predicted octanol–water partition coefficient (Wildman–Crippen LogP) is 14.4. The normalized spacial score (nSPS) is 12.9. The van der Waals surface area contributed by atoms with E-state index >= 15 is 0 Å². The largest absolute Gasteiger partial charge is 0.454 e. The minimum atomic E-state index is -0.147. The van der Waals surface area contributed by atoms with Crippen LogP contribution in [0.5, 0.6) is 0 Å². The van der Waals surface area contributed by atoms with Crippen LogP contribution >= 0.6 is 0 Å². The molecular weight excluding hydrogens is 643 g/mol. The standard InChI is InChI=1S/C51H37NO/c1-51(2)46-21-13-12-20-42(46)43-29-27-40(33-47(43)51)52(39-25-22-36(23-26-39)34-14-6-3-7-15-34)49-41(37-18-10-5-11-19-37)30-31-45-44-28-24-38(32-48(44)53-50(45)49)35-16-8-4-9-17-35/h3-33H,1-2H3. The van der Waals surface area contributed by atoms with Gasteiger partial charge in [-0.3, -0.25) is 0 Å². The Morgan fingerprint density at radius 3 is 1.64 bits per heavy atom. The van der Waals surface area contributed by atoms with E-state index in [0.717, 1.165) is 55.7 Å². The fourth-order valence-corrected chi connectivity index (χ4v) is 8.38. The molecular formula is C51H37NO. The Kier molecular flexibility index (Phi) is 7.19. The molecule has 0 bridgehead atoms. The van der Waals surface area contributed by atoms with Crippen molar-refractivity contribution < 1.29 is 4.42 Å². The summed E-state index contributed by atoms with van der Waals surface area (Å²) in [6.45, 7) is 4.69. The van der Waals surface area contributed by atoms with Crippen LogP contribution in [0.3, 0.4) is 0 Å². The number of anilines is 3. The minimum Gasteiger partial charge on any atom is -0.454 e. The molecule has 1 aliphatic rings. The summed E-state index contributed by atoms with van der Waals surface area (Å²) in [6, 6.07) is 67.7. The maximum atomic E-state index is 7.07. The molecule has 1 aliphatic carbocycles. The van der Waals surface area contributed by atoms with E-state index < -0.39 is 0 Å². The highest BCUT2D eigenvalue weighted by Gasteiger charge is 2.36. The van der Waals surface area contributed by atoms with Gasteiger partial charge in [-0.05, 0) is 92.5 Å². The van der Waals surface area contributed by atoms with Crippen LogP contribution in [0, 0.1) is 0 Å². The van der Waals surface area contributed by atoms with Crippen molar-refractivity contribution >= 4 is 39.0 Å². The topological polar surface area (TPSA) is 16.4 Å². The molecule has 0 saturated carbocycles. The third-order valence-electron chi connectivity index (χ3n) is 11.1. The lowest BCUT2D eigenvalue weighted by molar-refractivity contribution is 0.660. The number of benzene rings is 8. The van der Waals surface area contributed by atoms with Gasteiger partial charge in [0.05, 0.1) is 5.69 Å². The van der Waals surface area contributed by atoms with E-state index in [1.54, 1.807) is 0 Å². The van der Waals surface area contributed by atoms with Crippen LogP contribution in [0.2, 0.25) is 0 Å². The zero-order valence-corrected chi connectivity index (χ0v) is 29.8. The molecule has 9 aromatic rings. The summed E-state index contributed by atoms with van der Waals surface area (Å²) in [5.41, 5.74) is 17.0. The van der Waals surface area contributed by atoms with Gasteiger partial charge in [-0.1, -0.05) is 159 Å². The Morgan fingerprint density at radius 1 is 0.396 bits per heavy atom. The van der Waals surface area contributed by atoms with Gasteiger partial charge >= 0.3 is 0 Å². The number of hydrogen-bond acceptors (Lipinski definition) is 2. The molecule has 1 heterocycles. The smallest absolute Gasteiger partial charge is 0.160 e. The van der Waals surface area contributed by atoms with Crippen molar-refractivity contribution in [2.75, 3.05) is 4.90 Å². The highest BCUT2D eigenvalue weighted by molar-refractivity contribution is 6.14. The van der Waals surface area contributed by atoms with Gasteiger partial charge in [-0.2, -0.15) is 0 Å². The number of furan rings is 1. The lowest BCUT2D eigenvalue weighted by Crippen LogP contribution is -2.17. The van der Waals surface area contributed by atoms with Crippen molar-refractivity contribution in [2.24, 2.45) is 0 Å². The molecule has 8 aromatic carbocycles. The summed E-state index contributed by atoms with van der Waals surface area (Å²) in [5, 5.41) is 2.19. The first-order valence-corrected chi connectivity index (χ1v) is 18.3. The van der Waals surface area contributed by atoms with Gasteiger partial charge in [0.2, 0.25) is 0 Å². The monoisotopic (exact) mass is 679 g/mol. The molecule has 0 radical (unpaired) electrons. The molecule has 0 N–H and O–H groups in total. The van der Waals surface area contributed by atoms with Crippen molar-refractivity contribution in [2.45, 2.75) is 19.3 Å². The Balaban J connectivity index is 1.25. The fourth-order valence-electron chi connectivity index (χ4n) is 8.38. The molecule has 0 fully saturated rings. The molecule has 1 aromatic heterocycles. The van der Waals surface area contributed by atoms with Gasteiger partial charge in [0, 0.05) is 33.1 Å². The zero-order chi connectivity index (χ0) is 35.5. The second kappa shape index (κ2) is 12.3. The van der Waals surface area contributed by atoms with E-state index in [4.69, 9.17) is 4.42 Å². The first kappa shape index (κ1) is 31.1. The summed E-state index contributed by atoms with van der Waals surface area (Å²) in [7, 11) is 0. The number of fused-ring (bicyclic) bond motifs is 6. The first-order chi connectivity index (χ1) is 26.0. The van der Waals surface area contributed by atoms with E-state index in [0.29, 0.717) is 0 Å². The van der Waals surface area contributed by atoms with Crippen LogP contribution in [0.4, 0.5) is 17.1 Å². The SMILES string of the molecule is CC1(C)c2ccccc2-c2ccc(N(c3ccc(-c4ccccc4)cc3)c3c(-c4ccccc4)ccc4c3oc3cc(-c5ccccc5)ccc34)cc21. The summed E-state index contributed by atoms with van der Waals surface area (Å²) in [5.74, 6) is 0. The lowest BCUT2D eigenvalue weighted by Gasteiger charge is -2.30. The van der Waals surface area contributed by atoms with Crippen molar-refractivity contribution in [1.29, 1.82) is 0 Å². The van der Waals surface area contributed by atoms with Crippen LogP contribution < -0.4 is 4.90 Å². The molecule has 2 nitrogen and oxygen atoms in total. The number of rotatable bonds is 6. The molecule has 0 atom stereocenters. The van der Waals surface area contributed by atoms with E-state index in [1.807, 2.05) is 0 Å². The molecule has 0 amide bonds. The van der Waals surface area contributed by atoms with Crippen molar-refractivity contribution in [3.8, 4) is 44.5 Å². The van der Waals surface area contributed by atoms with Crippen LogP contribution in [-0.4, -0.2) is 0 Å². The average molecular weight is 680 g/mol. The summed E-state index contributed by atoms with van der Waals surface area (Å²) < 4.78 is 7.07. The van der Waals surface area contributed by atoms with Crippen molar-refractivity contribution in [3.05, 3.63) is 199 Å². The maximum Gasteiger partial charge on any atom is 0.160 e. The quantitative estimate of drug-likeness (QED) is 0.174. The predicted molar refractivity (Wildman–Crippen MR) is 222 cm³/mol. The summed E-state index contributed by atoms with van der Waals surface area (Å²) in [6.07, 6.45) is 0.